The Hall–Kier alpha value is -10.7. The molecule has 0 aliphatic carbocycles. The third-order valence-electron chi connectivity index (χ3n) is 13.2. The van der Waals surface area contributed by atoms with Crippen LogP contribution in [0.3, 0.4) is 0 Å². The minimum absolute atomic E-state index is 0.140. The van der Waals surface area contributed by atoms with Gasteiger partial charge in [-0.25, -0.2) is 0 Å². The second-order valence-corrected chi connectivity index (χ2v) is 17.1. The van der Waals surface area contributed by atoms with E-state index in [0.29, 0.717) is 61.4 Å². The van der Waals surface area contributed by atoms with Gasteiger partial charge in [0.05, 0.1) is 109 Å². The van der Waals surface area contributed by atoms with Crippen LogP contribution in [0.1, 0.15) is 38.9 Å². The Bertz CT molecular complexity index is 4420. The zero-order chi connectivity index (χ0) is 49.8. The van der Waals surface area contributed by atoms with Crippen LogP contribution in [0, 0.1) is 68.0 Å². The van der Waals surface area contributed by atoms with Crippen LogP contribution in [-0.2, 0) is 6.18 Å². The van der Waals surface area contributed by atoms with Gasteiger partial charge in [0.2, 0.25) is 0 Å². The maximum absolute atomic E-state index is 15.0. The van der Waals surface area contributed by atoms with Crippen LogP contribution in [0.25, 0.3) is 99.5 Å². The highest BCUT2D eigenvalue weighted by atomic mass is 19.4. The summed E-state index contributed by atoms with van der Waals surface area (Å²) in [6.45, 7) is 0. The molecule has 72 heavy (non-hydrogen) atoms. The normalized spacial score (nSPS) is 11.2. The molecule has 0 radical (unpaired) electrons. The first-order valence-electron chi connectivity index (χ1n) is 22.3. The van der Waals surface area contributed by atoms with E-state index < -0.39 is 11.7 Å². The minimum Gasteiger partial charge on any atom is -0.309 e. The highest BCUT2D eigenvalue weighted by molar-refractivity contribution is 6.13. The molecule has 8 nitrogen and oxygen atoms in total. The number of aromatic nitrogens is 2. The van der Waals surface area contributed by atoms with E-state index >= 15 is 13.2 Å². The molecule has 0 saturated carbocycles. The van der Waals surface area contributed by atoms with E-state index in [1.807, 2.05) is 102 Å². The van der Waals surface area contributed by atoms with Gasteiger partial charge >= 0.3 is 6.18 Å². The second-order valence-electron chi connectivity index (χ2n) is 17.1. The number of para-hydroxylation sites is 2. The van der Waals surface area contributed by atoms with E-state index in [-0.39, 0.29) is 16.7 Å². The molecule has 2 heterocycles. The lowest BCUT2D eigenvalue weighted by Crippen LogP contribution is -2.08. The first-order valence-corrected chi connectivity index (χ1v) is 22.3. The van der Waals surface area contributed by atoms with Gasteiger partial charge in [0, 0.05) is 32.7 Å². The van der Waals surface area contributed by atoms with Gasteiger partial charge in [-0.05, 0) is 137 Å². The largest absolute Gasteiger partial charge is 0.417 e. The van der Waals surface area contributed by atoms with Crippen molar-refractivity contribution in [3.8, 4) is 92.3 Å². The van der Waals surface area contributed by atoms with Crippen LogP contribution in [-0.4, -0.2) is 9.13 Å². The fourth-order valence-corrected chi connectivity index (χ4v) is 9.95. The van der Waals surface area contributed by atoms with Crippen LogP contribution in [0.4, 0.5) is 13.2 Å². The van der Waals surface area contributed by atoms with Crippen LogP contribution in [0.15, 0.2) is 176 Å². The Balaban J connectivity index is 1.22. The van der Waals surface area contributed by atoms with E-state index in [0.717, 1.165) is 60.8 Å². The van der Waals surface area contributed by atoms with Gasteiger partial charge < -0.3 is 9.13 Å². The fraction of sp³-hybridized carbons (Fsp3) is 0.0164. The van der Waals surface area contributed by atoms with Crippen molar-refractivity contribution in [1.82, 2.24) is 9.13 Å². The average Bonchev–Trinajstić information content (AvgIpc) is 3.93. The van der Waals surface area contributed by atoms with Crippen LogP contribution < -0.4 is 0 Å². The van der Waals surface area contributed by atoms with E-state index in [2.05, 4.69) is 34.9 Å². The summed E-state index contributed by atoms with van der Waals surface area (Å²) >= 11 is 0. The smallest absolute Gasteiger partial charge is 0.309 e. The lowest BCUT2D eigenvalue weighted by atomic mass is 9.92. The minimum atomic E-state index is -4.81. The Labute approximate surface area is 409 Å². The van der Waals surface area contributed by atoms with Crippen LogP contribution >= 0.6 is 0 Å². The molecule has 0 fully saturated rings. The van der Waals surface area contributed by atoms with E-state index in [9.17, 15) is 31.6 Å². The summed E-state index contributed by atoms with van der Waals surface area (Å²) in [6, 6.07) is 63.9. The highest BCUT2D eigenvalue weighted by Gasteiger charge is 2.34. The molecule has 0 aliphatic rings. The number of halogens is 3. The first-order chi connectivity index (χ1) is 35.0. The summed E-state index contributed by atoms with van der Waals surface area (Å²) in [7, 11) is 0. The Morgan fingerprint density at radius 1 is 0.319 bits per heavy atom. The van der Waals surface area contributed by atoms with Crippen molar-refractivity contribution in [2.24, 2.45) is 0 Å². The monoisotopic (exact) mass is 930 g/mol. The standard InChI is InChI=1S/C61H29F3N8/c62-61(63,64)54-26-39(33-68)11-18-47(54)42-15-22-60(72-56-8-4-2-6-49(56)52-28-41(14-21-59(52)72)46-17-10-37(31-66)24-44(46)35-70)53(29-42)50-25-38(32-67)12-19-57(50)71-55-7-3-1-5-48(55)51-27-40(13-20-58(51)71)45-16-9-36(30-65)23-43(45)34-69/h1-29H. The molecular formula is C61H29F3N8. The van der Waals surface area contributed by atoms with Crippen molar-refractivity contribution in [2.75, 3.05) is 0 Å². The fourth-order valence-electron chi connectivity index (χ4n) is 9.95. The highest BCUT2D eigenvalue weighted by Crippen LogP contribution is 2.46. The summed E-state index contributed by atoms with van der Waals surface area (Å²) in [5.74, 6) is 0. The SMILES string of the molecule is N#Cc1ccc(-c2ccc3c(c2)c2ccccc2n3-c2ccc(C#N)cc2-c2cc(-c3ccc(C#N)cc3C(F)(F)F)ccc2-n2c3ccccc3c3cc(-c4ccc(C#N)cc4C#N)ccc32)c(C#N)c1. The summed E-state index contributed by atoms with van der Waals surface area (Å²) in [5.41, 5.74) is 8.74. The third kappa shape index (κ3) is 7.12. The molecule has 11 rings (SSSR count). The van der Waals surface area contributed by atoms with Gasteiger partial charge in [0.25, 0.3) is 0 Å². The topological polar surface area (TPSA) is 153 Å². The average molecular weight is 931 g/mol. The van der Waals surface area contributed by atoms with Crippen molar-refractivity contribution in [3.63, 3.8) is 0 Å². The summed E-state index contributed by atoms with van der Waals surface area (Å²) in [6.07, 6.45) is -4.81. The molecule has 0 bridgehead atoms. The van der Waals surface area contributed by atoms with E-state index in [4.69, 9.17) is 0 Å². The zero-order valence-corrected chi connectivity index (χ0v) is 37.5. The van der Waals surface area contributed by atoms with Crippen molar-refractivity contribution in [2.45, 2.75) is 6.18 Å². The third-order valence-corrected chi connectivity index (χ3v) is 13.2. The predicted octanol–water partition coefficient (Wildman–Crippen LogP) is 14.8. The van der Waals surface area contributed by atoms with Gasteiger partial charge in [-0.2, -0.15) is 44.7 Å². The first kappa shape index (κ1) is 43.9. The van der Waals surface area contributed by atoms with Gasteiger partial charge in [0.1, 0.15) is 0 Å². The lowest BCUT2D eigenvalue weighted by molar-refractivity contribution is -0.137. The Morgan fingerprint density at radius 2 is 0.708 bits per heavy atom. The molecule has 0 amide bonds. The van der Waals surface area contributed by atoms with Gasteiger partial charge in [-0.15, -0.1) is 0 Å². The van der Waals surface area contributed by atoms with Crippen molar-refractivity contribution < 1.29 is 13.2 Å². The van der Waals surface area contributed by atoms with Gasteiger partial charge in [0.15, 0.2) is 0 Å². The number of benzene rings is 9. The number of nitriles is 6. The molecule has 0 spiro atoms. The summed E-state index contributed by atoms with van der Waals surface area (Å²) in [4.78, 5) is 0. The number of hydrogen-bond acceptors (Lipinski definition) is 6. The molecule has 11 aromatic rings. The Kier molecular flexibility index (Phi) is 10.4. The van der Waals surface area contributed by atoms with E-state index in [1.54, 1.807) is 66.7 Å². The van der Waals surface area contributed by atoms with Crippen molar-refractivity contribution in [3.05, 3.63) is 215 Å². The molecule has 11 heteroatoms. The van der Waals surface area contributed by atoms with Crippen LogP contribution in [0.5, 0.6) is 0 Å². The van der Waals surface area contributed by atoms with E-state index in [1.165, 1.54) is 12.1 Å². The number of hydrogen-bond donors (Lipinski definition) is 0. The Morgan fingerprint density at radius 3 is 1.19 bits per heavy atom. The molecule has 0 unspecified atom stereocenters. The zero-order valence-electron chi connectivity index (χ0n) is 37.5. The van der Waals surface area contributed by atoms with Crippen molar-refractivity contribution in [1.29, 1.82) is 31.6 Å². The number of alkyl halides is 3. The molecule has 9 aromatic carbocycles. The lowest BCUT2D eigenvalue weighted by Gasteiger charge is -2.21. The maximum atomic E-state index is 15.0. The maximum Gasteiger partial charge on any atom is 0.417 e. The molecule has 0 saturated heterocycles. The summed E-state index contributed by atoms with van der Waals surface area (Å²) in [5, 5.41) is 62.9. The molecular weight excluding hydrogens is 902 g/mol. The number of rotatable bonds is 6. The second kappa shape index (κ2) is 17.1. The molecule has 0 atom stereocenters. The molecule has 0 N–H and O–H groups in total. The number of fused-ring (bicyclic) bond motifs is 6. The van der Waals surface area contributed by atoms with Crippen molar-refractivity contribution >= 4 is 43.6 Å². The summed E-state index contributed by atoms with van der Waals surface area (Å²) < 4.78 is 49.1. The van der Waals surface area contributed by atoms with Gasteiger partial charge in [-0.1, -0.05) is 72.8 Å². The van der Waals surface area contributed by atoms with Gasteiger partial charge in [-0.3, -0.25) is 0 Å². The van der Waals surface area contributed by atoms with Crippen LogP contribution in [0.2, 0.25) is 0 Å². The molecule has 334 valence electrons. The number of nitrogens with zero attached hydrogens (tertiary/aromatic N) is 8. The molecule has 2 aromatic heterocycles. The predicted molar refractivity (Wildman–Crippen MR) is 270 cm³/mol. The molecule has 0 aliphatic heterocycles. The quantitative estimate of drug-likeness (QED) is 0.162.